The number of alkyl halides is 5. The first-order valence-electron chi connectivity index (χ1n) is 5.66. The van der Waals surface area contributed by atoms with Crippen LogP contribution in [-0.4, -0.2) is 27.7 Å². The normalized spacial score (nSPS) is 15.0. The van der Waals surface area contributed by atoms with Crippen LogP contribution in [0.3, 0.4) is 0 Å². The predicted octanol–water partition coefficient (Wildman–Crippen LogP) is 3.20. The number of aryl methyl sites for hydroxylation is 1. The maximum absolute atomic E-state index is 12.9. The van der Waals surface area contributed by atoms with Gasteiger partial charge in [0.05, 0.1) is 12.0 Å². The average molecular weight is 333 g/mol. The van der Waals surface area contributed by atoms with Crippen molar-refractivity contribution in [3.05, 3.63) is 17.0 Å². The molecule has 9 heteroatoms. The third-order valence-corrected chi connectivity index (χ3v) is 3.72. The summed E-state index contributed by atoms with van der Waals surface area (Å²) in [5.74, 6) is -0.870. The van der Waals surface area contributed by atoms with Crippen LogP contribution in [0.1, 0.15) is 29.3 Å². The molecule has 114 valence electrons. The van der Waals surface area contributed by atoms with Gasteiger partial charge in [-0.05, 0) is 13.8 Å². The van der Waals surface area contributed by atoms with Crippen molar-refractivity contribution in [2.45, 2.75) is 30.8 Å². The quantitative estimate of drug-likeness (QED) is 0.628. The van der Waals surface area contributed by atoms with Gasteiger partial charge in [-0.15, -0.1) is 23.2 Å². The van der Waals surface area contributed by atoms with Gasteiger partial charge < -0.3 is 4.74 Å². The average Bonchev–Trinajstić information content (AvgIpc) is 2.64. The Hall–Kier alpha value is -0.950. The molecule has 1 heterocycles. The van der Waals surface area contributed by atoms with E-state index in [0.29, 0.717) is 0 Å². The van der Waals surface area contributed by atoms with Gasteiger partial charge >= 0.3 is 12.1 Å². The number of hydrogen-bond acceptors (Lipinski definition) is 3. The highest BCUT2D eigenvalue weighted by Gasteiger charge is 2.42. The molecule has 0 aliphatic rings. The van der Waals surface area contributed by atoms with Crippen molar-refractivity contribution in [1.29, 1.82) is 0 Å². The lowest BCUT2D eigenvalue weighted by molar-refractivity contribution is -0.144. The summed E-state index contributed by atoms with van der Waals surface area (Å²) in [4.78, 5) is 11.5. The lowest BCUT2D eigenvalue weighted by atomic mass is 10.1. The zero-order chi connectivity index (χ0) is 15.7. The minimum Gasteiger partial charge on any atom is -0.465 e. The molecule has 0 fully saturated rings. The van der Waals surface area contributed by atoms with E-state index in [1.165, 1.54) is 14.0 Å². The number of aromatic nitrogens is 2. The van der Waals surface area contributed by atoms with E-state index in [9.17, 15) is 18.0 Å². The Morgan fingerprint density at radius 1 is 1.45 bits per heavy atom. The summed E-state index contributed by atoms with van der Waals surface area (Å²) in [6, 6.07) is 0. The van der Waals surface area contributed by atoms with Crippen LogP contribution in [-0.2, 0) is 22.8 Å². The fourth-order valence-electron chi connectivity index (χ4n) is 1.65. The van der Waals surface area contributed by atoms with E-state index in [1.807, 2.05) is 0 Å². The number of hydrogen-bond donors (Lipinski definition) is 0. The Balaban J connectivity index is 3.22. The van der Waals surface area contributed by atoms with Crippen LogP contribution in [0.5, 0.6) is 0 Å². The monoisotopic (exact) mass is 332 g/mol. The third kappa shape index (κ3) is 3.38. The zero-order valence-corrected chi connectivity index (χ0v) is 12.5. The largest absolute Gasteiger partial charge is 0.465 e. The van der Waals surface area contributed by atoms with Gasteiger partial charge in [0.1, 0.15) is 0 Å². The SMILES string of the molecule is CCOC(=O)C(Cl)C(Cl)c1c(C(F)(F)F)nn(C)c1C. The molecule has 0 bridgehead atoms. The molecule has 0 aliphatic heterocycles. The van der Waals surface area contributed by atoms with E-state index in [1.54, 1.807) is 6.92 Å². The summed E-state index contributed by atoms with van der Waals surface area (Å²) in [6.45, 7) is 3.03. The van der Waals surface area contributed by atoms with Gasteiger partial charge in [-0.1, -0.05) is 0 Å². The van der Waals surface area contributed by atoms with Crippen molar-refractivity contribution < 1.29 is 22.7 Å². The van der Waals surface area contributed by atoms with E-state index in [-0.39, 0.29) is 17.9 Å². The Morgan fingerprint density at radius 3 is 2.45 bits per heavy atom. The predicted molar refractivity (Wildman–Crippen MR) is 67.8 cm³/mol. The molecular formula is C11H13Cl2F3N2O2. The van der Waals surface area contributed by atoms with Gasteiger partial charge in [0, 0.05) is 18.3 Å². The Labute approximate surface area is 123 Å². The number of ether oxygens (including phenoxy) is 1. The summed E-state index contributed by atoms with van der Waals surface area (Å²) in [6.07, 6.45) is -4.68. The molecule has 2 atom stereocenters. The highest BCUT2D eigenvalue weighted by Crippen LogP contribution is 2.40. The summed E-state index contributed by atoms with van der Waals surface area (Å²) < 4.78 is 44.5. The first kappa shape index (κ1) is 17.1. The van der Waals surface area contributed by atoms with Gasteiger partial charge in [0.25, 0.3) is 0 Å². The van der Waals surface area contributed by atoms with Gasteiger partial charge in [0.2, 0.25) is 0 Å². The molecule has 0 aliphatic carbocycles. The minimum atomic E-state index is -4.68. The number of esters is 1. The molecule has 0 saturated carbocycles. The highest BCUT2D eigenvalue weighted by molar-refractivity contribution is 6.36. The molecule has 1 aromatic rings. The van der Waals surface area contributed by atoms with Crippen LogP contribution in [0, 0.1) is 6.92 Å². The highest BCUT2D eigenvalue weighted by atomic mass is 35.5. The fourth-order valence-corrected chi connectivity index (χ4v) is 2.20. The summed E-state index contributed by atoms with van der Waals surface area (Å²) in [5.41, 5.74) is -1.27. The molecule has 0 spiro atoms. The van der Waals surface area contributed by atoms with Crippen LogP contribution < -0.4 is 0 Å². The second-order valence-electron chi connectivity index (χ2n) is 4.02. The van der Waals surface area contributed by atoms with E-state index in [0.717, 1.165) is 4.68 Å². The van der Waals surface area contributed by atoms with Crippen molar-refractivity contribution in [1.82, 2.24) is 9.78 Å². The van der Waals surface area contributed by atoms with Crippen molar-refractivity contribution in [2.24, 2.45) is 7.05 Å². The summed E-state index contributed by atoms with van der Waals surface area (Å²) in [7, 11) is 1.35. The van der Waals surface area contributed by atoms with Crippen LogP contribution in [0.25, 0.3) is 0 Å². The lowest BCUT2D eigenvalue weighted by Gasteiger charge is -2.16. The molecule has 1 rings (SSSR count). The van der Waals surface area contributed by atoms with Crippen molar-refractivity contribution in [2.75, 3.05) is 6.61 Å². The van der Waals surface area contributed by atoms with Crippen LogP contribution in [0.2, 0.25) is 0 Å². The van der Waals surface area contributed by atoms with Gasteiger partial charge in [-0.25, -0.2) is 0 Å². The molecule has 4 nitrogen and oxygen atoms in total. The number of carbonyl (C=O) groups is 1. The first-order valence-corrected chi connectivity index (χ1v) is 6.54. The van der Waals surface area contributed by atoms with Gasteiger partial charge in [-0.3, -0.25) is 9.48 Å². The maximum Gasteiger partial charge on any atom is 0.435 e. The molecule has 0 saturated heterocycles. The summed E-state index contributed by atoms with van der Waals surface area (Å²) >= 11 is 11.7. The Bertz CT molecular complexity index is 503. The molecular weight excluding hydrogens is 320 g/mol. The smallest absolute Gasteiger partial charge is 0.435 e. The lowest BCUT2D eigenvalue weighted by Crippen LogP contribution is -2.24. The molecule has 0 amide bonds. The van der Waals surface area contributed by atoms with Gasteiger partial charge in [0.15, 0.2) is 11.1 Å². The molecule has 2 unspecified atom stereocenters. The van der Waals surface area contributed by atoms with E-state index < -0.39 is 28.6 Å². The fraction of sp³-hybridized carbons (Fsp3) is 0.636. The first-order chi connectivity index (χ1) is 9.11. The van der Waals surface area contributed by atoms with Gasteiger partial charge in [-0.2, -0.15) is 18.3 Å². The van der Waals surface area contributed by atoms with E-state index in [4.69, 9.17) is 23.2 Å². The van der Waals surface area contributed by atoms with Crippen molar-refractivity contribution in [3.63, 3.8) is 0 Å². The number of carbonyl (C=O) groups excluding carboxylic acids is 1. The second-order valence-corrected chi connectivity index (χ2v) is 4.97. The zero-order valence-electron chi connectivity index (χ0n) is 11.0. The number of halogens is 5. The van der Waals surface area contributed by atoms with Crippen LogP contribution in [0.4, 0.5) is 13.2 Å². The minimum absolute atomic E-state index is 0.0593. The molecule has 0 aromatic carbocycles. The maximum atomic E-state index is 12.9. The summed E-state index contributed by atoms with van der Waals surface area (Å²) in [5, 5.41) is 0.569. The van der Waals surface area contributed by atoms with E-state index >= 15 is 0 Å². The van der Waals surface area contributed by atoms with Crippen LogP contribution in [0.15, 0.2) is 0 Å². The molecule has 1 aromatic heterocycles. The number of rotatable bonds is 4. The second kappa shape index (κ2) is 6.22. The number of nitrogens with zero attached hydrogens (tertiary/aromatic N) is 2. The van der Waals surface area contributed by atoms with Crippen molar-refractivity contribution in [3.8, 4) is 0 Å². The molecule has 0 radical (unpaired) electrons. The standard InChI is InChI=1S/C11H13Cl2F3N2O2/c1-4-20-10(19)8(13)7(12)6-5(2)18(3)17-9(6)11(14,15)16/h7-8H,4H2,1-3H3. The topological polar surface area (TPSA) is 44.1 Å². The third-order valence-electron chi connectivity index (χ3n) is 2.69. The Morgan fingerprint density at radius 2 is 2.00 bits per heavy atom. The molecule has 20 heavy (non-hydrogen) atoms. The molecule has 0 N–H and O–H groups in total. The Kier molecular flexibility index (Phi) is 5.32. The van der Waals surface area contributed by atoms with E-state index in [2.05, 4.69) is 9.84 Å². The van der Waals surface area contributed by atoms with Crippen LogP contribution >= 0.6 is 23.2 Å². The van der Waals surface area contributed by atoms with Crippen molar-refractivity contribution >= 4 is 29.2 Å².